The van der Waals surface area contributed by atoms with Gasteiger partial charge in [-0.2, -0.15) is 0 Å². The fraction of sp³-hybridized carbons (Fsp3) is 0.400. The van der Waals surface area contributed by atoms with Crippen LogP contribution >= 0.6 is 0 Å². The van der Waals surface area contributed by atoms with Gasteiger partial charge in [0.25, 0.3) is 0 Å². The van der Waals surface area contributed by atoms with Gasteiger partial charge in [0, 0.05) is 7.11 Å². The van der Waals surface area contributed by atoms with E-state index in [-0.39, 0.29) is 23.2 Å². The fourth-order valence-corrected chi connectivity index (χ4v) is 1.96. The maximum absolute atomic E-state index is 11.1. The second-order valence-electron chi connectivity index (χ2n) is 3.77. The van der Waals surface area contributed by atoms with Gasteiger partial charge in [-0.05, 0) is 18.2 Å². The second-order valence-corrected chi connectivity index (χ2v) is 5.33. The van der Waals surface area contributed by atoms with Crippen LogP contribution in [0.1, 0.15) is 0 Å². The van der Waals surface area contributed by atoms with Crippen LogP contribution in [0, 0.1) is 0 Å². The number of aliphatic hydroxyl groups excluding tert-OH is 1. The summed E-state index contributed by atoms with van der Waals surface area (Å²) in [5.41, 5.74) is 6.46. The molecule has 0 amide bonds. The van der Waals surface area contributed by atoms with E-state index in [4.69, 9.17) is 20.7 Å². The van der Waals surface area contributed by atoms with Gasteiger partial charge in [-0.25, -0.2) is 13.6 Å². The van der Waals surface area contributed by atoms with E-state index >= 15 is 0 Å². The zero-order chi connectivity index (χ0) is 13.8. The Morgan fingerprint density at radius 1 is 1.50 bits per heavy atom. The minimum Gasteiger partial charge on any atom is -0.397 e. The summed E-state index contributed by atoms with van der Waals surface area (Å²) in [5, 5.41) is 17.0. The van der Waals surface area contributed by atoms with Gasteiger partial charge in [-0.1, -0.05) is 0 Å². The molecule has 1 aromatic carbocycles. The van der Waals surface area contributed by atoms with E-state index in [1.54, 1.807) is 0 Å². The maximum atomic E-state index is 11.1. The third kappa shape index (κ3) is 3.84. The van der Waals surface area contributed by atoms with Crippen molar-refractivity contribution < 1.29 is 18.3 Å². The number of hydrogen-bond donors (Lipinski definition) is 4. The highest BCUT2D eigenvalue weighted by Gasteiger charge is 2.12. The van der Waals surface area contributed by atoms with E-state index in [9.17, 15) is 8.42 Å². The molecule has 0 aliphatic heterocycles. The van der Waals surface area contributed by atoms with Gasteiger partial charge >= 0.3 is 0 Å². The summed E-state index contributed by atoms with van der Waals surface area (Å²) in [6.45, 7) is 0.164. The van der Waals surface area contributed by atoms with Crippen molar-refractivity contribution in [3.05, 3.63) is 18.2 Å². The van der Waals surface area contributed by atoms with Gasteiger partial charge in [-0.15, -0.1) is 0 Å². The quantitative estimate of drug-likeness (QED) is 0.510. The molecule has 0 spiro atoms. The molecule has 0 saturated carbocycles. The number of nitrogens with two attached hydrogens (primary N) is 2. The topological polar surface area (TPSA) is 128 Å². The molecule has 8 heteroatoms. The molecule has 1 rings (SSSR count). The molecule has 102 valence electrons. The Kier molecular flexibility index (Phi) is 4.91. The van der Waals surface area contributed by atoms with E-state index < -0.39 is 10.0 Å². The number of rotatable bonds is 6. The van der Waals surface area contributed by atoms with Crippen LogP contribution in [0.25, 0.3) is 0 Å². The Labute approximate surface area is 106 Å². The lowest BCUT2D eigenvalue weighted by Crippen LogP contribution is -2.29. The summed E-state index contributed by atoms with van der Waals surface area (Å²) in [5.74, 6) is 0. The molecule has 0 fully saturated rings. The lowest BCUT2D eigenvalue weighted by atomic mass is 10.2. The van der Waals surface area contributed by atoms with E-state index in [0.29, 0.717) is 12.3 Å². The van der Waals surface area contributed by atoms with Crippen molar-refractivity contribution in [2.75, 3.05) is 31.4 Å². The average Bonchev–Trinajstić information content (AvgIpc) is 2.29. The molecule has 0 bridgehead atoms. The molecule has 0 saturated heterocycles. The van der Waals surface area contributed by atoms with E-state index in [1.165, 1.54) is 25.3 Å². The van der Waals surface area contributed by atoms with Crippen LogP contribution in [0.2, 0.25) is 0 Å². The third-order valence-electron chi connectivity index (χ3n) is 2.30. The first-order valence-electron chi connectivity index (χ1n) is 5.17. The van der Waals surface area contributed by atoms with Crippen LogP contribution in [-0.4, -0.2) is 39.9 Å². The highest BCUT2D eigenvalue weighted by molar-refractivity contribution is 7.89. The Bertz CT molecular complexity index is 504. The number of nitrogens with one attached hydrogen (secondary N) is 1. The minimum absolute atomic E-state index is 0.0576. The van der Waals surface area contributed by atoms with Crippen molar-refractivity contribution >= 4 is 21.4 Å². The predicted octanol–water partition coefficient (Wildman–Crippen LogP) is -0.665. The second kappa shape index (κ2) is 6.01. The number of primary sulfonamides is 1. The zero-order valence-corrected chi connectivity index (χ0v) is 10.8. The molecule has 0 aliphatic carbocycles. The smallest absolute Gasteiger partial charge is 0.238 e. The monoisotopic (exact) mass is 275 g/mol. The van der Waals surface area contributed by atoms with E-state index in [0.717, 1.165) is 0 Å². The molecule has 0 radical (unpaired) electrons. The van der Waals surface area contributed by atoms with Crippen LogP contribution < -0.4 is 16.2 Å². The lowest BCUT2D eigenvalue weighted by molar-refractivity contribution is 0.153. The summed E-state index contributed by atoms with van der Waals surface area (Å²) in [6, 6.07) is 3.78. The number of ether oxygens (including phenoxy) is 1. The Morgan fingerprint density at radius 3 is 2.61 bits per heavy atom. The van der Waals surface area contributed by atoms with E-state index in [1.807, 2.05) is 0 Å². The Balaban J connectivity index is 2.92. The highest BCUT2D eigenvalue weighted by atomic mass is 32.2. The van der Waals surface area contributed by atoms with Gasteiger partial charge in [0.2, 0.25) is 10.0 Å². The van der Waals surface area contributed by atoms with Crippen LogP contribution in [0.3, 0.4) is 0 Å². The van der Waals surface area contributed by atoms with E-state index in [2.05, 4.69) is 5.32 Å². The normalized spacial score (nSPS) is 13.3. The minimum atomic E-state index is -3.77. The van der Waals surface area contributed by atoms with Crippen molar-refractivity contribution in [3.63, 3.8) is 0 Å². The number of benzene rings is 1. The number of methoxy groups -OCH3 is 1. The van der Waals surface area contributed by atoms with Crippen LogP contribution in [0.5, 0.6) is 0 Å². The summed E-state index contributed by atoms with van der Waals surface area (Å²) in [7, 11) is -2.26. The number of aliphatic hydroxyl groups is 1. The maximum Gasteiger partial charge on any atom is 0.238 e. The Morgan fingerprint density at radius 2 is 2.17 bits per heavy atom. The summed E-state index contributed by atoms with van der Waals surface area (Å²) in [6.07, 6.45) is 0. The number of sulfonamides is 1. The average molecular weight is 275 g/mol. The van der Waals surface area contributed by atoms with Gasteiger partial charge < -0.3 is 20.9 Å². The molecule has 0 heterocycles. The Hall–Kier alpha value is -1.35. The molecule has 0 aromatic heterocycles. The number of hydrogen-bond acceptors (Lipinski definition) is 6. The number of anilines is 2. The first kappa shape index (κ1) is 14.7. The molecule has 7 nitrogen and oxygen atoms in total. The summed E-state index contributed by atoms with van der Waals surface area (Å²) >= 11 is 0. The van der Waals surface area contributed by atoms with Crippen molar-refractivity contribution in [2.45, 2.75) is 10.9 Å². The molecule has 1 aromatic rings. The van der Waals surface area contributed by atoms with Crippen molar-refractivity contribution in [1.29, 1.82) is 0 Å². The van der Waals surface area contributed by atoms with Gasteiger partial charge in [-0.3, -0.25) is 0 Å². The predicted molar refractivity (Wildman–Crippen MR) is 68.6 cm³/mol. The fourth-order valence-electron chi connectivity index (χ4n) is 1.41. The van der Waals surface area contributed by atoms with Crippen molar-refractivity contribution in [2.24, 2.45) is 5.14 Å². The van der Waals surface area contributed by atoms with Gasteiger partial charge in [0.15, 0.2) is 0 Å². The highest BCUT2D eigenvalue weighted by Crippen LogP contribution is 2.22. The van der Waals surface area contributed by atoms with Gasteiger partial charge in [0.05, 0.1) is 35.5 Å². The standard InChI is InChI=1S/C10H17N3O4S/c1-17-6-7(5-14)13-10-3-2-8(4-9(10)11)18(12,15)16/h2-4,7,13-14H,5-6,11H2,1H3,(H2,12,15,16). The SMILES string of the molecule is COCC(CO)Nc1ccc(S(N)(=O)=O)cc1N. The molecule has 18 heavy (non-hydrogen) atoms. The first-order chi connectivity index (χ1) is 8.38. The third-order valence-corrected chi connectivity index (χ3v) is 3.21. The molecule has 0 aliphatic rings. The first-order valence-corrected chi connectivity index (χ1v) is 6.71. The molecule has 1 atom stereocenters. The number of nitrogen functional groups attached to an aromatic ring is 1. The largest absolute Gasteiger partial charge is 0.397 e. The molecular formula is C10H17N3O4S. The van der Waals surface area contributed by atoms with Crippen LogP contribution in [0.4, 0.5) is 11.4 Å². The van der Waals surface area contributed by atoms with Crippen LogP contribution in [-0.2, 0) is 14.8 Å². The van der Waals surface area contributed by atoms with Gasteiger partial charge in [0.1, 0.15) is 0 Å². The lowest BCUT2D eigenvalue weighted by Gasteiger charge is -2.18. The zero-order valence-electron chi connectivity index (χ0n) is 9.96. The molecule has 6 N–H and O–H groups in total. The summed E-state index contributed by atoms with van der Waals surface area (Å²) < 4.78 is 27.1. The summed E-state index contributed by atoms with van der Waals surface area (Å²) in [4.78, 5) is -0.0576. The van der Waals surface area contributed by atoms with Crippen molar-refractivity contribution in [1.82, 2.24) is 0 Å². The van der Waals surface area contributed by atoms with Crippen molar-refractivity contribution in [3.8, 4) is 0 Å². The molecule has 1 unspecified atom stereocenters. The van der Waals surface area contributed by atoms with Crippen LogP contribution in [0.15, 0.2) is 23.1 Å². The molecular weight excluding hydrogens is 258 g/mol.